The average Bonchev–Trinajstić information content (AvgIpc) is 1.56. The van der Waals surface area contributed by atoms with Crippen molar-refractivity contribution in [2.24, 2.45) is 22.3 Å². The molecule has 0 unspecified atom stereocenters. The molecule has 4 aromatic carbocycles. The molecule has 8 rings (SSSR count). The van der Waals surface area contributed by atoms with Crippen LogP contribution in [0.2, 0.25) is 0 Å². The van der Waals surface area contributed by atoms with E-state index in [4.69, 9.17) is 32.2 Å². The molecule has 0 aromatic heterocycles. The molecule has 494 valence electrons. The normalized spacial score (nSPS) is 16.9. The van der Waals surface area contributed by atoms with E-state index in [9.17, 15) is 41.1 Å². The summed E-state index contributed by atoms with van der Waals surface area (Å²) in [7, 11) is -1.71. The van der Waals surface area contributed by atoms with Crippen LogP contribution in [0.15, 0.2) is 88.9 Å². The standard InChI is InChI=1S/C67H93FN12O10S/c1-78(36-38-89-40-41-90-39-37-79(2)66(86)59-45-51(76-77-72)46-80(59)65(85)47-21-26-52(27-22-47)91(68,87)88)63(84)31-32-67-56-42-48(73-60(81)18-12-6-3-9-15-33-69)23-28-53(56)64(54-29-24-49(43-57(54)67)74-61(82)19-13-7-4-10-16-34-70)55-30-25-50(44-58(55)67)75-62(83)20-14-8-5-11-17-35-71/h21-30,42-44,51,59,64H,3-20,31-41,45-46,69-71H2,1-2H3,(H,73,81)(H,74,82)(H,75,83)/t51-,59-,64?,67?/m0/s1. The van der Waals surface area contributed by atoms with Gasteiger partial charge in [0.25, 0.3) is 5.91 Å². The highest BCUT2D eigenvalue weighted by atomic mass is 32.3. The average molecular weight is 1280 g/mol. The minimum Gasteiger partial charge on any atom is -0.377 e. The highest BCUT2D eigenvalue weighted by molar-refractivity contribution is 7.86. The second-order valence-electron chi connectivity index (χ2n) is 24.1. The molecular weight excluding hydrogens is 1180 g/mol. The fourth-order valence-corrected chi connectivity index (χ4v) is 13.2. The van der Waals surface area contributed by atoms with E-state index >= 15 is 0 Å². The number of amides is 6. The van der Waals surface area contributed by atoms with E-state index < -0.39 is 44.4 Å². The number of anilines is 3. The Morgan fingerprint density at radius 1 is 0.604 bits per heavy atom. The van der Waals surface area contributed by atoms with Crippen molar-refractivity contribution in [1.82, 2.24) is 14.7 Å². The molecule has 22 nitrogen and oxygen atoms in total. The van der Waals surface area contributed by atoms with Gasteiger partial charge in [0.15, 0.2) is 0 Å². The first-order valence-electron chi connectivity index (χ1n) is 32.4. The molecule has 6 amide bonds. The van der Waals surface area contributed by atoms with Crippen LogP contribution in [0.25, 0.3) is 10.4 Å². The molecule has 91 heavy (non-hydrogen) atoms. The van der Waals surface area contributed by atoms with Crippen LogP contribution in [-0.2, 0) is 49.1 Å². The lowest BCUT2D eigenvalue weighted by atomic mass is 9.51. The number of ether oxygens (including phenoxy) is 2. The Balaban J connectivity index is 1.04. The fraction of sp³-hybridized carbons (Fsp3) is 0.552. The number of nitrogens with zero attached hydrogens (tertiary/aromatic N) is 6. The zero-order chi connectivity index (χ0) is 65.3. The SMILES string of the molecule is CN(CCOCCOCCN(C)C(=O)[C@@H]1C[C@H](N=[N+]=[N-])CN1C(=O)c1ccc(S(=O)(=O)F)cc1)C(=O)CCC12c3cc(NC(=O)CCCCCCCN)ccc3C(c3ccc(NC(=O)CCCCCCCN)cc31)c1ccc(NC(=O)CCCCCCCN)cc12. The Bertz CT molecular complexity index is 3100. The first-order chi connectivity index (χ1) is 43.9. The van der Waals surface area contributed by atoms with E-state index in [1.165, 1.54) is 9.80 Å². The van der Waals surface area contributed by atoms with Crippen LogP contribution < -0.4 is 33.2 Å². The van der Waals surface area contributed by atoms with E-state index in [2.05, 4.69) is 44.2 Å². The van der Waals surface area contributed by atoms with Gasteiger partial charge in [0.2, 0.25) is 29.5 Å². The Morgan fingerprint density at radius 2 is 1.02 bits per heavy atom. The quantitative estimate of drug-likeness (QED) is 0.00795. The van der Waals surface area contributed by atoms with Gasteiger partial charge in [-0.3, -0.25) is 28.8 Å². The van der Waals surface area contributed by atoms with Crippen LogP contribution in [0.5, 0.6) is 0 Å². The maximum absolute atomic E-state index is 14.6. The van der Waals surface area contributed by atoms with Crippen LogP contribution in [-0.4, -0.2) is 150 Å². The van der Waals surface area contributed by atoms with Gasteiger partial charge in [0.1, 0.15) is 6.04 Å². The topological polar surface area (TPSA) is 328 Å². The third kappa shape index (κ3) is 19.6. The van der Waals surface area contributed by atoms with Gasteiger partial charge in [0.05, 0.1) is 37.4 Å². The Morgan fingerprint density at radius 3 is 1.44 bits per heavy atom. The number of carbonyl (C=O) groups excluding carboxylic acids is 6. The van der Waals surface area contributed by atoms with Crippen molar-refractivity contribution in [2.45, 2.75) is 163 Å². The number of azide groups is 1. The number of likely N-dealkylation sites (tertiary alicyclic amines) is 1. The first kappa shape index (κ1) is 71.1. The summed E-state index contributed by atoms with van der Waals surface area (Å²) in [6.07, 6.45) is 15.5. The predicted octanol–water partition coefficient (Wildman–Crippen LogP) is 9.52. The van der Waals surface area contributed by atoms with Crippen LogP contribution >= 0.6 is 0 Å². The minimum atomic E-state index is -4.99. The van der Waals surface area contributed by atoms with Gasteiger partial charge < -0.3 is 57.3 Å². The molecule has 4 aromatic rings. The van der Waals surface area contributed by atoms with Gasteiger partial charge in [-0.2, -0.15) is 8.42 Å². The summed E-state index contributed by atoms with van der Waals surface area (Å²) in [5.74, 6) is -1.68. The molecule has 2 bridgehead atoms. The molecule has 0 saturated carbocycles. The van der Waals surface area contributed by atoms with Crippen molar-refractivity contribution < 1.29 is 50.5 Å². The van der Waals surface area contributed by atoms with Crippen molar-refractivity contribution in [3.05, 3.63) is 128 Å². The van der Waals surface area contributed by atoms with Crippen LogP contribution in [0.4, 0.5) is 20.9 Å². The summed E-state index contributed by atoms with van der Waals surface area (Å²) in [6.45, 7) is 2.98. The maximum atomic E-state index is 14.6. The number of nitrogens with two attached hydrogens (primary N) is 3. The summed E-state index contributed by atoms with van der Waals surface area (Å²) in [6, 6.07) is 20.8. The third-order valence-corrected chi connectivity index (χ3v) is 18.4. The van der Waals surface area contributed by atoms with E-state index in [-0.39, 0.29) is 94.0 Å². The summed E-state index contributed by atoms with van der Waals surface area (Å²) < 4.78 is 48.0. The number of carbonyl (C=O) groups is 6. The zero-order valence-corrected chi connectivity index (χ0v) is 53.8. The lowest BCUT2D eigenvalue weighted by Crippen LogP contribution is -2.47. The third-order valence-electron chi connectivity index (χ3n) is 17.6. The molecular formula is C67H93FN12O10S. The van der Waals surface area contributed by atoms with Gasteiger partial charge in [-0.05, 0) is 171 Å². The fourth-order valence-electron chi connectivity index (χ4n) is 12.7. The van der Waals surface area contributed by atoms with Crippen molar-refractivity contribution in [3.8, 4) is 0 Å². The number of nitrogens with one attached hydrogen (secondary N) is 3. The number of rotatable bonds is 40. The van der Waals surface area contributed by atoms with Crippen LogP contribution in [0, 0.1) is 0 Å². The van der Waals surface area contributed by atoms with Crippen molar-refractivity contribution in [3.63, 3.8) is 0 Å². The first-order valence-corrected chi connectivity index (χ1v) is 33.8. The summed E-state index contributed by atoms with van der Waals surface area (Å²) >= 11 is 0. The lowest BCUT2D eigenvalue weighted by molar-refractivity contribution is -0.135. The van der Waals surface area contributed by atoms with Crippen molar-refractivity contribution in [2.75, 3.05) is 95.7 Å². The summed E-state index contributed by atoms with van der Waals surface area (Å²) in [5, 5.41) is 13.3. The van der Waals surface area contributed by atoms with Gasteiger partial charge in [-0.25, -0.2) is 0 Å². The highest BCUT2D eigenvalue weighted by Crippen LogP contribution is 2.62. The second kappa shape index (κ2) is 35.5. The molecule has 1 saturated heterocycles. The molecule has 3 aliphatic carbocycles. The molecule has 4 aliphatic rings. The number of likely N-dealkylation sites (N-methyl/N-ethyl adjacent to an activating group) is 2. The van der Waals surface area contributed by atoms with E-state index in [0.29, 0.717) is 62.4 Å². The monoisotopic (exact) mass is 1280 g/mol. The number of hydrogen-bond donors (Lipinski definition) is 6. The predicted molar refractivity (Wildman–Crippen MR) is 350 cm³/mol. The van der Waals surface area contributed by atoms with Crippen molar-refractivity contribution >= 4 is 62.7 Å². The molecule has 24 heteroatoms. The van der Waals surface area contributed by atoms with Gasteiger partial charge in [-0.15, -0.1) is 3.89 Å². The zero-order valence-electron chi connectivity index (χ0n) is 52.9. The van der Waals surface area contributed by atoms with E-state index in [1.807, 2.05) is 36.4 Å². The second-order valence-corrected chi connectivity index (χ2v) is 25.5. The van der Waals surface area contributed by atoms with Gasteiger partial charge in [0, 0.05) is 98.3 Å². The number of hydrogen-bond acceptors (Lipinski definition) is 14. The Labute approximate surface area is 535 Å². The maximum Gasteiger partial charge on any atom is 0.332 e. The molecule has 1 aliphatic heterocycles. The number of halogens is 1. The smallest absolute Gasteiger partial charge is 0.332 e. The largest absolute Gasteiger partial charge is 0.377 e. The Hall–Kier alpha value is -7.31. The molecule has 1 fully saturated rings. The molecule has 2 atom stereocenters. The summed E-state index contributed by atoms with van der Waals surface area (Å²) in [5.41, 5.74) is 33.1. The van der Waals surface area contributed by atoms with Gasteiger partial charge >= 0.3 is 10.2 Å². The number of benzene rings is 4. The van der Waals surface area contributed by atoms with Crippen LogP contribution in [0.1, 0.15) is 184 Å². The molecule has 1 heterocycles. The molecule has 0 radical (unpaired) electrons. The van der Waals surface area contributed by atoms with Crippen molar-refractivity contribution in [1.29, 1.82) is 0 Å². The Kier molecular flexibility index (Phi) is 27.7. The van der Waals surface area contributed by atoms with Crippen LogP contribution in [0.3, 0.4) is 0 Å². The number of unbranched alkanes of at least 4 members (excludes halogenated alkanes) is 12. The minimum absolute atomic E-state index is 0.0275. The van der Waals surface area contributed by atoms with E-state index in [0.717, 1.165) is 154 Å². The highest BCUT2D eigenvalue weighted by Gasteiger charge is 2.52. The lowest BCUT2D eigenvalue weighted by Gasteiger charge is -2.51. The molecule has 0 spiro atoms. The summed E-state index contributed by atoms with van der Waals surface area (Å²) in [4.78, 5) is 89.2. The molecule has 9 N–H and O–H groups in total. The van der Waals surface area contributed by atoms with E-state index in [1.54, 1.807) is 19.0 Å². The van der Waals surface area contributed by atoms with Gasteiger partial charge in [-0.1, -0.05) is 81.1 Å².